The fourth-order valence-electron chi connectivity index (χ4n) is 5.22. The number of aromatic nitrogens is 1. The summed E-state index contributed by atoms with van der Waals surface area (Å²) in [6.45, 7) is 5.07. The maximum Gasteiger partial charge on any atom is 0.0312 e. The number of thioether (sulfide) groups is 1. The molecule has 26 heavy (non-hydrogen) atoms. The van der Waals surface area contributed by atoms with E-state index in [4.69, 9.17) is 0 Å². The summed E-state index contributed by atoms with van der Waals surface area (Å²) in [5.74, 6) is 3.57. The first-order chi connectivity index (χ1) is 12.9. The van der Waals surface area contributed by atoms with Gasteiger partial charge in [-0.2, -0.15) is 11.8 Å². The Balaban J connectivity index is 1.33. The molecule has 0 amide bonds. The van der Waals surface area contributed by atoms with Crippen molar-refractivity contribution in [2.75, 3.05) is 31.1 Å². The van der Waals surface area contributed by atoms with Crippen molar-refractivity contribution in [1.82, 2.24) is 14.8 Å². The molecule has 1 aromatic heterocycles. The van der Waals surface area contributed by atoms with Crippen LogP contribution >= 0.6 is 11.8 Å². The van der Waals surface area contributed by atoms with Crippen LogP contribution in [0, 0.1) is 5.92 Å². The van der Waals surface area contributed by atoms with E-state index in [0.717, 1.165) is 24.5 Å². The van der Waals surface area contributed by atoms with Crippen molar-refractivity contribution in [3.8, 4) is 0 Å². The molecule has 4 heteroatoms. The van der Waals surface area contributed by atoms with Gasteiger partial charge < -0.3 is 4.90 Å². The fraction of sp³-hybridized carbons (Fsp3) is 0.773. The molecule has 2 saturated heterocycles. The third kappa shape index (κ3) is 5.02. The average Bonchev–Trinajstić information content (AvgIpc) is 3.24. The van der Waals surface area contributed by atoms with Crippen LogP contribution in [0.3, 0.4) is 0 Å². The van der Waals surface area contributed by atoms with Gasteiger partial charge in [0, 0.05) is 37.6 Å². The Hall–Kier alpha value is -0.580. The van der Waals surface area contributed by atoms with Gasteiger partial charge >= 0.3 is 0 Å². The van der Waals surface area contributed by atoms with Gasteiger partial charge in [-0.1, -0.05) is 18.9 Å². The summed E-state index contributed by atoms with van der Waals surface area (Å²) in [6, 6.07) is 6.03. The molecule has 0 N–H and O–H groups in total. The minimum absolute atomic E-state index is 0.782. The highest BCUT2D eigenvalue weighted by Gasteiger charge is 2.29. The summed E-state index contributed by atoms with van der Waals surface area (Å²) in [4.78, 5) is 9.97. The molecule has 4 rings (SSSR count). The average molecular weight is 374 g/mol. The SMILES string of the molecule is c1cncc(CN(CC2CCN(C3CCCC3)CC2)C2CCSCC2)c1. The van der Waals surface area contributed by atoms with Crippen molar-refractivity contribution >= 4 is 11.8 Å². The number of hydrogen-bond acceptors (Lipinski definition) is 4. The predicted molar refractivity (Wildman–Crippen MR) is 112 cm³/mol. The van der Waals surface area contributed by atoms with Crippen molar-refractivity contribution in [3.63, 3.8) is 0 Å². The summed E-state index contributed by atoms with van der Waals surface area (Å²) >= 11 is 2.14. The van der Waals surface area contributed by atoms with E-state index in [0.29, 0.717) is 0 Å². The Bertz CT molecular complexity index is 517. The lowest BCUT2D eigenvalue weighted by atomic mass is 9.93. The van der Waals surface area contributed by atoms with Gasteiger partial charge in [0.05, 0.1) is 0 Å². The van der Waals surface area contributed by atoms with Crippen molar-refractivity contribution < 1.29 is 0 Å². The molecule has 3 aliphatic rings. The van der Waals surface area contributed by atoms with Gasteiger partial charge in [-0.3, -0.25) is 9.88 Å². The fourth-order valence-corrected chi connectivity index (χ4v) is 6.30. The molecule has 0 atom stereocenters. The molecule has 0 unspecified atom stereocenters. The molecular formula is C22H35N3S. The van der Waals surface area contributed by atoms with Crippen molar-refractivity contribution in [3.05, 3.63) is 30.1 Å². The maximum atomic E-state index is 4.35. The molecule has 0 radical (unpaired) electrons. The highest BCUT2D eigenvalue weighted by Crippen LogP contribution is 2.30. The summed E-state index contributed by atoms with van der Waals surface area (Å²) in [6.07, 6.45) is 15.3. The third-order valence-electron chi connectivity index (χ3n) is 6.80. The quantitative estimate of drug-likeness (QED) is 0.734. The van der Waals surface area contributed by atoms with Crippen LogP contribution in [-0.2, 0) is 6.54 Å². The summed E-state index contributed by atoms with van der Waals surface area (Å²) in [5.41, 5.74) is 1.38. The Morgan fingerprint density at radius 1 is 1.04 bits per heavy atom. The van der Waals surface area contributed by atoms with E-state index < -0.39 is 0 Å². The Morgan fingerprint density at radius 3 is 2.50 bits per heavy atom. The lowest BCUT2D eigenvalue weighted by molar-refractivity contribution is 0.0890. The monoisotopic (exact) mass is 373 g/mol. The molecule has 3 heterocycles. The van der Waals surface area contributed by atoms with Crippen LogP contribution in [0.15, 0.2) is 24.5 Å². The molecule has 3 nitrogen and oxygen atoms in total. The zero-order chi connectivity index (χ0) is 17.6. The molecule has 144 valence electrons. The first kappa shape index (κ1) is 18.8. The molecule has 0 aromatic carbocycles. The second kappa shape index (κ2) is 9.57. The summed E-state index contributed by atoms with van der Waals surface area (Å²) in [7, 11) is 0. The molecule has 0 bridgehead atoms. The van der Waals surface area contributed by atoms with Gasteiger partial charge in [0.2, 0.25) is 0 Å². The van der Waals surface area contributed by atoms with E-state index in [1.807, 2.05) is 6.20 Å². The highest BCUT2D eigenvalue weighted by molar-refractivity contribution is 7.99. The largest absolute Gasteiger partial charge is 0.300 e. The van der Waals surface area contributed by atoms with Crippen LogP contribution in [0.4, 0.5) is 0 Å². The first-order valence-electron chi connectivity index (χ1n) is 10.8. The third-order valence-corrected chi connectivity index (χ3v) is 7.85. The highest BCUT2D eigenvalue weighted by atomic mass is 32.2. The molecule has 1 aliphatic carbocycles. The van der Waals surface area contributed by atoms with E-state index in [2.05, 4.69) is 44.9 Å². The molecule has 3 fully saturated rings. The second-order valence-corrected chi connectivity index (χ2v) is 9.78. The van der Waals surface area contributed by atoms with Crippen LogP contribution < -0.4 is 0 Å². The number of rotatable bonds is 6. The number of hydrogen-bond donors (Lipinski definition) is 0. The van der Waals surface area contributed by atoms with E-state index in [1.165, 1.54) is 88.1 Å². The van der Waals surface area contributed by atoms with Crippen LogP contribution in [0.5, 0.6) is 0 Å². The number of pyridine rings is 1. The minimum atomic E-state index is 0.782. The van der Waals surface area contributed by atoms with E-state index in [-0.39, 0.29) is 0 Å². The second-order valence-electron chi connectivity index (χ2n) is 8.55. The Morgan fingerprint density at radius 2 is 1.81 bits per heavy atom. The molecule has 1 aromatic rings. The van der Waals surface area contributed by atoms with Gasteiger partial charge in [-0.25, -0.2) is 0 Å². The van der Waals surface area contributed by atoms with Crippen molar-refractivity contribution in [2.45, 2.75) is 70.0 Å². The molecular weight excluding hydrogens is 338 g/mol. The van der Waals surface area contributed by atoms with Crippen molar-refractivity contribution in [1.29, 1.82) is 0 Å². The molecule has 1 saturated carbocycles. The Labute approximate surface area is 163 Å². The zero-order valence-electron chi connectivity index (χ0n) is 16.2. The van der Waals surface area contributed by atoms with Crippen molar-refractivity contribution in [2.24, 2.45) is 5.92 Å². The number of likely N-dealkylation sites (tertiary alicyclic amines) is 1. The van der Waals surface area contributed by atoms with E-state index in [9.17, 15) is 0 Å². The van der Waals surface area contributed by atoms with Crippen LogP contribution in [0.1, 0.15) is 56.9 Å². The number of nitrogens with zero attached hydrogens (tertiary/aromatic N) is 3. The smallest absolute Gasteiger partial charge is 0.0312 e. The normalized spacial score (nSPS) is 24.5. The van der Waals surface area contributed by atoms with Crippen LogP contribution in [0.2, 0.25) is 0 Å². The molecule has 0 spiro atoms. The lowest BCUT2D eigenvalue weighted by Gasteiger charge is -2.40. The zero-order valence-corrected chi connectivity index (χ0v) is 17.0. The standard InChI is InChI=1S/C22H35N3S/c1-2-6-21(5-1)24-12-7-19(8-13-24)17-25(22-9-14-26-15-10-22)18-20-4-3-11-23-16-20/h3-4,11,16,19,21-22H,1-2,5-10,12-15,17-18H2. The van der Waals surface area contributed by atoms with Gasteiger partial charge in [-0.05, 0) is 80.7 Å². The van der Waals surface area contributed by atoms with Gasteiger partial charge in [-0.15, -0.1) is 0 Å². The summed E-state index contributed by atoms with van der Waals surface area (Å²) < 4.78 is 0. The first-order valence-corrected chi connectivity index (χ1v) is 12.0. The minimum Gasteiger partial charge on any atom is -0.300 e. The molecule has 2 aliphatic heterocycles. The van der Waals surface area contributed by atoms with Crippen LogP contribution in [0.25, 0.3) is 0 Å². The van der Waals surface area contributed by atoms with Crippen LogP contribution in [-0.4, -0.2) is 58.0 Å². The lowest BCUT2D eigenvalue weighted by Crippen LogP contribution is -2.45. The van der Waals surface area contributed by atoms with E-state index in [1.54, 1.807) is 0 Å². The van der Waals surface area contributed by atoms with Gasteiger partial charge in [0.1, 0.15) is 0 Å². The van der Waals surface area contributed by atoms with E-state index >= 15 is 0 Å². The number of piperidine rings is 1. The predicted octanol–water partition coefficient (Wildman–Crippen LogP) is 4.43. The van der Waals surface area contributed by atoms with Gasteiger partial charge in [0.15, 0.2) is 0 Å². The maximum absolute atomic E-state index is 4.35. The topological polar surface area (TPSA) is 19.4 Å². The Kier molecular flexibility index (Phi) is 6.90. The summed E-state index contributed by atoms with van der Waals surface area (Å²) in [5, 5.41) is 0. The van der Waals surface area contributed by atoms with Gasteiger partial charge in [0.25, 0.3) is 0 Å².